The van der Waals surface area contributed by atoms with Crippen molar-refractivity contribution in [2.75, 3.05) is 11.9 Å². The molecule has 1 aliphatic rings. The fraction of sp³-hybridized carbons (Fsp3) is 0.0800. The van der Waals surface area contributed by atoms with Gasteiger partial charge in [-0.25, -0.2) is 0 Å². The first-order valence-corrected chi connectivity index (χ1v) is 11.6. The number of amides is 3. The number of imide groups is 1. The second kappa shape index (κ2) is 10.8. The lowest BCUT2D eigenvalue weighted by Gasteiger charge is -2.12. The van der Waals surface area contributed by atoms with Crippen LogP contribution in [0.5, 0.6) is 11.5 Å². The Morgan fingerprint density at radius 1 is 1.05 bits per heavy atom. The monoisotopic (exact) mass is 543 g/mol. The molecule has 0 spiro atoms. The molecule has 1 N–H and O–H groups in total. The van der Waals surface area contributed by atoms with Gasteiger partial charge >= 0.3 is 11.9 Å². The Balaban J connectivity index is 1.50. The van der Waals surface area contributed by atoms with Crippen LogP contribution >= 0.6 is 11.8 Å². The van der Waals surface area contributed by atoms with Gasteiger partial charge in [-0.05, 0) is 59.8 Å². The third-order valence-electron chi connectivity index (χ3n) is 5.10. The molecule has 0 radical (unpaired) electrons. The number of ether oxygens (including phenoxy) is 1. The smallest absolute Gasteiger partial charge is 0.416 e. The minimum atomic E-state index is -4.77. The lowest BCUT2D eigenvalue weighted by molar-refractivity contribution is -0.385. The zero-order chi connectivity index (χ0) is 27.4. The molecule has 1 saturated heterocycles. The Bertz CT molecular complexity index is 1460. The summed E-state index contributed by atoms with van der Waals surface area (Å²) in [5.74, 6) is -1.62. The molecule has 3 amide bonds. The number of carbonyl (C=O) groups is 3. The highest BCUT2D eigenvalue weighted by atomic mass is 32.2. The van der Waals surface area contributed by atoms with Gasteiger partial charge in [0.15, 0.2) is 0 Å². The van der Waals surface area contributed by atoms with Crippen LogP contribution in [0.25, 0.3) is 6.08 Å². The molecule has 1 heterocycles. The molecule has 13 heteroatoms. The Hall–Kier alpha value is -4.65. The molecule has 0 atom stereocenters. The minimum absolute atomic E-state index is 0.0279. The van der Waals surface area contributed by atoms with Crippen LogP contribution in [0.2, 0.25) is 0 Å². The first-order valence-electron chi connectivity index (χ1n) is 10.7. The number of anilines is 1. The van der Waals surface area contributed by atoms with Crippen LogP contribution in [0.15, 0.2) is 77.7 Å². The van der Waals surface area contributed by atoms with E-state index in [0.717, 1.165) is 11.0 Å². The molecule has 9 nitrogen and oxygen atoms in total. The molecule has 0 aromatic heterocycles. The van der Waals surface area contributed by atoms with Crippen LogP contribution < -0.4 is 10.1 Å². The van der Waals surface area contributed by atoms with Gasteiger partial charge in [-0.2, -0.15) is 13.2 Å². The summed E-state index contributed by atoms with van der Waals surface area (Å²) in [4.78, 5) is 48.5. The van der Waals surface area contributed by atoms with Gasteiger partial charge in [0, 0.05) is 11.8 Å². The highest BCUT2D eigenvalue weighted by Gasteiger charge is 2.36. The van der Waals surface area contributed by atoms with Crippen molar-refractivity contribution < 1.29 is 37.2 Å². The summed E-state index contributed by atoms with van der Waals surface area (Å²) in [6, 6.07) is 16.2. The predicted molar refractivity (Wildman–Crippen MR) is 132 cm³/mol. The molecular formula is C25H16F3N3O6S. The van der Waals surface area contributed by atoms with Gasteiger partial charge in [-0.15, -0.1) is 0 Å². The van der Waals surface area contributed by atoms with Crippen molar-refractivity contribution in [3.63, 3.8) is 0 Å². The van der Waals surface area contributed by atoms with E-state index in [1.165, 1.54) is 24.3 Å². The maximum Gasteiger partial charge on any atom is 0.416 e. The molecule has 1 aliphatic heterocycles. The fourth-order valence-corrected chi connectivity index (χ4v) is 4.21. The molecular weight excluding hydrogens is 527 g/mol. The van der Waals surface area contributed by atoms with Crippen LogP contribution in [0.4, 0.5) is 29.3 Å². The number of nitro groups is 1. The maximum atomic E-state index is 12.9. The Labute approximate surface area is 217 Å². The number of nitrogens with zero attached hydrogens (tertiary/aromatic N) is 2. The second-order valence-electron chi connectivity index (χ2n) is 7.79. The van der Waals surface area contributed by atoms with Crippen molar-refractivity contribution in [2.24, 2.45) is 0 Å². The molecule has 3 aromatic carbocycles. The highest BCUT2D eigenvalue weighted by Crippen LogP contribution is 2.38. The summed E-state index contributed by atoms with van der Waals surface area (Å²) in [5, 5.41) is 13.3. The summed E-state index contributed by atoms with van der Waals surface area (Å²) < 4.78 is 44.3. The molecule has 194 valence electrons. The van der Waals surface area contributed by atoms with E-state index in [2.05, 4.69) is 5.32 Å². The van der Waals surface area contributed by atoms with Crippen LogP contribution in [-0.4, -0.2) is 33.4 Å². The van der Waals surface area contributed by atoms with E-state index in [1.807, 2.05) is 0 Å². The van der Waals surface area contributed by atoms with E-state index in [1.54, 1.807) is 36.4 Å². The number of halogens is 3. The summed E-state index contributed by atoms with van der Waals surface area (Å²) >= 11 is 0.627. The van der Waals surface area contributed by atoms with Crippen molar-refractivity contribution >= 4 is 46.3 Å². The predicted octanol–water partition coefficient (Wildman–Crippen LogP) is 6.08. The fourth-order valence-electron chi connectivity index (χ4n) is 3.37. The van der Waals surface area contributed by atoms with Crippen LogP contribution in [0, 0.1) is 10.1 Å². The molecule has 0 saturated carbocycles. The topological polar surface area (TPSA) is 119 Å². The molecule has 0 aliphatic carbocycles. The normalized spacial score (nSPS) is 14.6. The average Bonchev–Trinajstić information content (AvgIpc) is 3.11. The minimum Gasteiger partial charge on any atom is -0.450 e. The molecule has 4 rings (SSSR count). The maximum absolute atomic E-state index is 12.9. The number of benzene rings is 3. The number of alkyl halides is 3. The number of nitro benzene ring substituents is 1. The van der Waals surface area contributed by atoms with Crippen molar-refractivity contribution in [3.05, 3.63) is 98.9 Å². The van der Waals surface area contributed by atoms with Gasteiger partial charge in [-0.1, -0.05) is 30.3 Å². The number of carbonyl (C=O) groups excluding carboxylic acids is 3. The van der Waals surface area contributed by atoms with Crippen molar-refractivity contribution in [1.29, 1.82) is 0 Å². The summed E-state index contributed by atoms with van der Waals surface area (Å²) in [7, 11) is 0. The summed E-state index contributed by atoms with van der Waals surface area (Å²) in [5.41, 5.74) is -1.19. The first kappa shape index (κ1) is 26.4. The largest absolute Gasteiger partial charge is 0.450 e. The standard InChI is InChI=1S/C25H16F3N3O6S/c26-25(27,28)16-9-10-20(19(13-16)31(35)36)37-18-8-4-5-15(11-18)12-21-23(33)30(24(34)38-21)14-22(32)29-17-6-2-1-3-7-17/h1-13H,14H2,(H,29,32)/b21-12+. The number of thioether (sulfide) groups is 1. The summed E-state index contributed by atoms with van der Waals surface area (Å²) in [6.07, 6.45) is -3.40. The Morgan fingerprint density at radius 3 is 2.47 bits per heavy atom. The van der Waals surface area contributed by atoms with Gasteiger partial charge in [0.2, 0.25) is 11.7 Å². The third-order valence-corrected chi connectivity index (χ3v) is 6.01. The zero-order valence-corrected chi connectivity index (χ0v) is 19.9. The summed E-state index contributed by atoms with van der Waals surface area (Å²) in [6.45, 7) is -0.488. The average molecular weight is 543 g/mol. The number of nitrogens with one attached hydrogen (secondary N) is 1. The van der Waals surface area contributed by atoms with E-state index in [-0.39, 0.29) is 10.7 Å². The second-order valence-corrected chi connectivity index (χ2v) is 8.79. The SMILES string of the molecule is O=C(CN1C(=O)S/C(=C/c2cccc(Oc3ccc(C(F)(F)F)cc3[N+](=O)[O-])c2)C1=O)Nc1ccccc1. The molecule has 0 unspecified atom stereocenters. The lowest BCUT2D eigenvalue weighted by Crippen LogP contribution is -2.36. The highest BCUT2D eigenvalue weighted by molar-refractivity contribution is 8.18. The van der Waals surface area contributed by atoms with Gasteiger partial charge in [-0.3, -0.25) is 29.4 Å². The van der Waals surface area contributed by atoms with Gasteiger partial charge in [0.05, 0.1) is 15.4 Å². The molecule has 38 heavy (non-hydrogen) atoms. The Morgan fingerprint density at radius 2 is 1.79 bits per heavy atom. The van der Waals surface area contributed by atoms with Gasteiger partial charge < -0.3 is 10.1 Å². The Kier molecular flexibility index (Phi) is 7.48. The molecule has 0 bridgehead atoms. The van der Waals surface area contributed by atoms with Gasteiger partial charge in [0.25, 0.3) is 11.1 Å². The number of rotatable bonds is 7. The van der Waals surface area contributed by atoms with E-state index in [4.69, 9.17) is 4.74 Å². The first-order chi connectivity index (χ1) is 18.0. The number of hydrogen-bond donors (Lipinski definition) is 1. The number of hydrogen-bond acceptors (Lipinski definition) is 7. The molecule has 1 fully saturated rings. The van der Waals surface area contributed by atoms with Gasteiger partial charge in [0.1, 0.15) is 12.3 Å². The van der Waals surface area contributed by atoms with Crippen molar-refractivity contribution in [1.82, 2.24) is 4.90 Å². The third kappa shape index (κ3) is 6.18. The molecule has 3 aromatic rings. The van der Waals surface area contributed by atoms with Crippen molar-refractivity contribution in [3.8, 4) is 11.5 Å². The van der Waals surface area contributed by atoms with Crippen molar-refractivity contribution in [2.45, 2.75) is 6.18 Å². The van der Waals surface area contributed by atoms with E-state index in [9.17, 15) is 37.7 Å². The zero-order valence-electron chi connectivity index (χ0n) is 19.1. The van der Waals surface area contributed by atoms with Crippen LogP contribution in [-0.2, 0) is 15.8 Å². The number of para-hydroxylation sites is 1. The lowest BCUT2D eigenvalue weighted by atomic mass is 10.1. The van der Waals surface area contributed by atoms with Crippen LogP contribution in [0.1, 0.15) is 11.1 Å². The van der Waals surface area contributed by atoms with E-state index in [0.29, 0.717) is 35.1 Å². The quantitative estimate of drug-likeness (QED) is 0.218. The van der Waals surface area contributed by atoms with E-state index >= 15 is 0 Å². The van der Waals surface area contributed by atoms with Crippen LogP contribution in [0.3, 0.4) is 0 Å². The van der Waals surface area contributed by atoms with E-state index < -0.39 is 51.7 Å².